The number of hydrogen-bond donors (Lipinski definition) is 0. The molecule has 0 aromatic heterocycles. The highest BCUT2D eigenvalue weighted by Crippen LogP contribution is 2.65. The Morgan fingerprint density at radius 1 is 0.688 bits per heavy atom. The molecule has 0 aliphatic heterocycles. The maximum atomic E-state index is 9.39. The van der Waals surface area contributed by atoms with E-state index in [4.69, 9.17) is 0 Å². The maximum absolute atomic E-state index is 9.39. The van der Waals surface area contributed by atoms with E-state index < -0.39 is 10.8 Å². The monoisotopic (exact) mass is 424 g/mol. The van der Waals surface area contributed by atoms with Crippen molar-refractivity contribution in [2.75, 3.05) is 0 Å². The minimum absolute atomic E-state index is 0.283. The van der Waals surface area contributed by atoms with Gasteiger partial charge in [0.05, 0.1) is 24.3 Å². The van der Waals surface area contributed by atoms with Crippen molar-refractivity contribution in [1.29, 1.82) is 21.0 Å². The summed E-state index contributed by atoms with van der Waals surface area (Å²) in [4.78, 5) is 0. The number of nitrogens with zero attached hydrogens (tertiary/aromatic N) is 4. The smallest absolute Gasteiger partial charge is 0.151 e. The first kappa shape index (κ1) is 21.3. The Hall–Kier alpha value is -2.56. The van der Waals surface area contributed by atoms with Gasteiger partial charge in [0.1, 0.15) is 0 Å². The highest BCUT2D eigenvalue weighted by Gasteiger charge is 2.61. The van der Waals surface area contributed by atoms with Crippen LogP contribution in [0.2, 0.25) is 0 Å². The van der Waals surface area contributed by atoms with Crippen molar-refractivity contribution in [2.45, 2.75) is 64.2 Å². The van der Waals surface area contributed by atoms with Gasteiger partial charge in [-0.3, -0.25) is 0 Å². The largest absolute Gasteiger partial charge is 0.197 e. The molecule has 8 unspecified atom stereocenters. The molecule has 6 fully saturated rings. The van der Waals surface area contributed by atoms with E-state index in [0.29, 0.717) is 36.5 Å². The Labute approximate surface area is 192 Å². The average Bonchev–Trinajstić information content (AvgIpc) is 3.58. The fourth-order valence-corrected chi connectivity index (χ4v) is 9.17. The van der Waals surface area contributed by atoms with Crippen LogP contribution in [-0.2, 0) is 0 Å². The second kappa shape index (κ2) is 7.50. The number of rotatable bonds is 0. The topological polar surface area (TPSA) is 95.2 Å². The Bertz CT molecular complexity index is 982. The van der Waals surface area contributed by atoms with E-state index in [-0.39, 0.29) is 5.92 Å². The van der Waals surface area contributed by atoms with Crippen LogP contribution < -0.4 is 0 Å². The summed E-state index contributed by atoms with van der Waals surface area (Å²) >= 11 is 0. The quantitative estimate of drug-likeness (QED) is 0.441. The van der Waals surface area contributed by atoms with Gasteiger partial charge >= 0.3 is 0 Å². The molecular formula is C28H32N4. The number of nitriles is 4. The van der Waals surface area contributed by atoms with Gasteiger partial charge in [-0.2, -0.15) is 21.0 Å². The predicted molar refractivity (Wildman–Crippen MR) is 120 cm³/mol. The maximum Gasteiger partial charge on any atom is 0.151 e. The molecule has 4 heteroatoms. The minimum Gasteiger partial charge on any atom is -0.197 e. The highest BCUT2D eigenvalue weighted by atomic mass is 14.6. The van der Waals surface area contributed by atoms with Gasteiger partial charge in [0.2, 0.25) is 0 Å². The normalized spacial score (nSPS) is 43.5. The van der Waals surface area contributed by atoms with Crippen molar-refractivity contribution >= 4 is 0 Å². The van der Waals surface area contributed by atoms with Crippen molar-refractivity contribution in [1.82, 2.24) is 0 Å². The standard InChI is InChI=1S/2C14H16N2/c1-9-6-14(7-15,8-16)12-5-10-3-2-4-11(10)13(9)12;1-9-6-14(7-15,8-16)13-11-4-2-3-10(11)5-12(9)13/h2*10-13H,1-6H2. The molecule has 0 heterocycles. The van der Waals surface area contributed by atoms with Crippen molar-refractivity contribution in [3.8, 4) is 24.3 Å². The van der Waals surface area contributed by atoms with Gasteiger partial charge in [0.15, 0.2) is 10.8 Å². The van der Waals surface area contributed by atoms with Crippen molar-refractivity contribution in [3.63, 3.8) is 0 Å². The molecule has 4 nitrogen and oxygen atoms in total. The fourth-order valence-electron chi connectivity index (χ4n) is 9.17. The summed E-state index contributed by atoms with van der Waals surface area (Å²) in [5, 5.41) is 37.4. The SMILES string of the molecule is C=C1CC(C#N)(C#N)C2C1CC1CCCC12.C=C1CC(C#N)(C#N)C2CC3CCCC3C12. The third kappa shape index (κ3) is 2.76. The molecule has 0 saturated heterocycles. The molecule has 0 aromatic carbocycles. The van der Waals surface area contributed by atoms with E-state index in [9.17, 15) is 21.0 Å². The lowest BCUT2D eigenvalue weighted by atomic mass is 9.73. The van der Waals surface area contributed by atoms with Crippen LogP contribution in [0.1, 0.15) is 64.2 Å². The molecule has 6 rings (SSSR count). The first-order valence-corrected chi connectivity index (χ1v) is 12.4. The zero-order valence-corrected chi connectivity index (χ0v) is 18.9. The molecule has 0 radical (unpaired) electrons. The van der Waals surface area contributed by atoms with Crippen LogP contribution >= 0.6 is 0 Å². The lowest BCUT2D eigenvalue weighted by Gasteiger charge is -2.25. The van der Waals surface area contributed by atoms with E-state index in [1.807, 2.05) is 0 Å². The second-order valence-corrected chi connectivity index (χ2v) is 11.5. The van der Waals surface area contributed by atoms with E-state index in [0.717, 1.165) is 24.2 Å². The van der Waals surface area contributed by atoms with Crippen LogP contribution in [0.15, 0.2) is 24.3 Å². The molecule has 0 aromatic rings. The Morgan fingerprint density at radius 2 is 1.25 bits per heavy atom. The van der Waals surface area contributed by atoms with E-state index in [1.165, 1.54) is 56.1 Å². The summed E-state index contributed by atoms with van der Waals surface area (Å²) in [6, 6.07) is 9.23. The first-order chi connectivity index (χ1) is 15.4. The van der Waals surface area contributed by atoms with Crippen molar-refractivity contribution in [3.05, 3.63) is 24.3 Å². The molecule has 6 aliphatic carbocycles. The molecule has 0 amide bonds. The van der Waals surface area contributed by atoms with Crippen molar-refractivity contribution in [2.24, 2.45) is 58.2 Å². The van der Waals surface area contributed by atoms with Gasteiger partial charge in [-0.1, -0.05) is 50.0 Å². The predicted octanol–water partition coefficient (Wildman–Crippen LogP) is 6.06. The van der Waals surface area contributed by atoms with Crippen LogP contribution in [0.3, 0.4) is 0 Å². The molecule has 8 atom stereocenters. The number of fused-ring (bicyclic) bond motifs is 6. The molecule has 0 N–H and O–H groups in total. The van der Waals surface area contributed by atoms with Crippen LogP contribution in [0, 0.1) is 103 Å². The molecule has 164 valence electrons. The van der Waals surface area contributed by atoms with Gasteiger partial charge in [-0.05, 0) is 67.1 Å². The first-order valence-electron chi connectivity index (χ1n) is 12.4. The third-order valence-corrected chi connectivity index (χ3v) is 10.3. The van der Waals surface area contributed by atoms with Gasteiger partial charge in [-0.25, -0.2) is 0 Å². The molecule has 0 bridgehead atoms. The zero-order chi connectivity index (χ0) is 22.7. The fraction of sp³-hybridized carbons (Fsp3) is 0.714. The molecule has 6 saturated carbocycles. The van der Waals surface area contributed by atoms with Gasteiger partial charge < -0.3 is 0 Å². The summed E-state index contributed by atoms with van der Waals surface area (Å²) < 4.78 is 0. The summed E-state index contributed by atoms with van der Waals surface area (Å²) in [6.07, 6.45) is 11.3. The van der Waals surface area contributed by atoms with Gasteiger partial charge in [0, 0.05) is 18.8 Å². The third-order valence-electron chi connectivity index (χ3n) is 10.3. The number of hydrogen-bond acceptors (Lipinski definition) is 4. The van der Waals surface area contributed by atoms with Crippen LogP contribution in [0.4, 0.5) is 0 Å². The van der Waals surface area contributed by atoms with Crippen LogP contribution in [0.5, 0.6) is 0 Å². The lowest BCUT2D eigenvalue weighted by Crippen LogP contribution is -2.28. The molecule has 6 aliphatic rings. The summed E-state index contributed by atoms with van der Waals surface area (Å²) in [5.41, 5.74) is 0.863. The van der Waals surface area contributed by atoms with Crippen LogP contribution in [0.25, 0.3) is 0 Å². The Balaban J connectivity index is 0.000000135. The Kier molecular flexibility index (Phi) is 4.99. The second-order valence-electron chi connectivity index (χ2n) is 11.5. The van der Waals surface area contributed by atoms with E-state index in [2.05, 4.69) is 37.4 Å². The van der Waals surface area contributed by atoms with E-state index >= 15 is 0 Å². The van der Waals surface area contributed by atoms with E-state index in [1.54, 1.807) is 0 Å². The minimum atomic E-state index is -0.745. The van der Waals surface area contributed by atoms with Crippen molar-refractivity contribution < 1.29 is 0 Å². The average molecular weight is 425 g/mol. The molecule has 32 heavy (non-hydrogen) atoms. The molecular weight excluding hydrogens is 392 g/mol. The van der Waals surface area contributed by atoms with Gasteiger partial charge in [0.25, 0.3) is 0 Å². The van der Waals surface area contributed by atoms with Gasteiger partial charge in [-0.15, -0.1) is 0 Å². The summed E-state index contributed by atoms with van der Waals surface area (Å²) in [7, 11) is 0. The summed E-state index contributed by atoms with van der Waals surface area (Å²) in [5.74, 6) is 4.43. The summed E-state index contributed by atoms with van der Waals surface area (Å²) in [6.45, 7) is 8.26. The molecule has 0 spiro atoms. The lowest BCUT2D eigenvalue weighted by molar-refractivity contribution is 0.244. The van der Waals surface area contributed by atoms with Crippen LogP contribution in [-0.4, -0.2) is 0 Å². The Morgan fingerprint density at radius 3 is 1.88 bits per heavy atom. The zero-order valence-electron chi connectivity index (χ0n) is 18.9. The number of allylic oxidation sites excluding steroid dienone is 2. The highest BCUT2D eigenvalue weighted by molar-refractivity contribution is 5.34.